The van der Waals surface area contributed by atoms with Crippen molar-refractivity contribution in [2.75, 3.05) is 20.2 Å². The molecule has 0 radical (unpaired) electrons. The fourth-order valence-electron chi connectivity index (χ4n) is 2.98. The van der Waals surface area contributed by atoms with Crippen molar-refractivity contribution in [3.8, 4) is 5.75 Å². The van der Waals surface area contributed by atoms with Crippen LogP contribution < -0.4 is 15.2 Å². The molecule has 1 saturated carbocycles. The van der Waals surface area contributed by atoms with Crippen LogP contribution in [0.4, 0.5) is 0 Å². The third-order valence-electron chi connectivity index (χ3n) is 4.36. The van der Waals surface area contributed by atoms with Gasteiger partial charge in [0, 0.05) is 25.2 Å². The average molecular weight is 339 g/mol. The van der Waals surface area contributed by atoms with Gasteiger partial charge >= 0.3 is 0 Å². The van der Waals surface area contributed by atoms with Gasteiger partial charge in [-0.1, -0.05) is 0 Å². The molecule has 2 fully saturated rings. The highest BCUT2D eigenvalue weighted by Crippen LogP contribution is 2.30. The number of sulfonamides is 1. The number of carbonyl (C=O) groups is 1. The van der Waals surface area contributed by atoms with Gasteiger partial charge in [-0.15, -0.1) is 0 Å². The third-order valence-corrected chi connectivity index (χ3v) is 5.27. The van der Waals surface area contributed by atoms with Crippen molar-refractivity contribution in [2.24, 2.45) is 5.14 Å². The van der Waals surface area contributed by atoms with Gasteiger partial charge in [-0.2, -0.15) is 0 Å². The fraction of sp³-hybridized carbons (Fsp3) is 0.533. The molecule has 1 atom stereocenters. The minimum Gasteiger partial charge on any atom is -0.496 e. The molecule has 3 N–H and O–H groups in total. The number of rotatable bonds is 5. The Balaban J connectivity index is 1.75. The van der Waals surface area contributed by atoms with Crippen LogP contribution in [0.5, 0.6) is 5.75 Å². The summed E-state index contributed by atoms with van der Waals surface area (Å²) in [5.74, 6) is -0.0121. The first-order chi connectivity index (χ1) is 10.9. The maximum Gasteiger partial charge on any atom is 0.255 e. The molecule has 0 unspecified atom stereocenters. The van der Waals surface area contributed by atoms with Crippen molar-refractivity contribution in [3.05, 3.63) is 23.8 Å². The second-order valence-corrected chi connectivity index (χ2v) is 7.65. The molecule has 126 valence electrons. The van der Waals surface area contributed by atoms with Crippen LogP contribution in [0.2, 0.25) is 0 Å². The third kappa shape index (κ3) is 3.65. The SMILES string of the molecule is COc1ccc(S(N)(=O)=O)cc1C(=O)N[C@@H]1CCN(C2CC2)C1. The minimum atomic E-state index is -3.87. The van der Waals surface area contributed by atoms with Crippen LogP contribution >= 0.6 is 0 Å². The van der Waals surface area contributed by atoms with E-state index in [4.69, 9.17) is 9.88 Å². The first-order valence-electron chi connectivity index (χ1n) is 7.64. The van der Waals surface area contributed by atoms with Crippen molar-refractivity contribution < 1.29 is 17.9 Å². The van der Waals surface area contributed by atoms with Crippen molar-refractivity contribution in [1.82, 2.24) is 10.2 Å². The van der Waals surface area contributed by atoms with Gasteiger partial charge in [0.05, 0.1) is 17.6 Å². The monoisotopic (exact) mass is 339 g/mol. The van der Waals surface area contributed by atoms with E-state index < -0.39 is 10.0 Å². The largest absolute Gasteiger partial charge is 0.496 e. The molecule has 1 aromatic rings. The molecule has 0 bridgehead atoms. The maximum atomic E-state index is 12.5. The van der Waals surface area contributed by atoms with Crippen LogP contribution in [0.3, 0.4) is 0 Å². The van der Waals surface area contributed by atoms with E-state index in [1.165, 1.54) is 38.2 Å². The van der Waals surface area contributed by atoms with Gasteiger partial charge in [0.25, 0.3) is 5.91 Å². The van der Waals surface area contributed by atoms with Crippen molar-refractivity contribution >= 4 is 15.9 Å². The number of amides is 1. The number of nitrogens with zero attached hydrogens (tertiary/aromatic N) is 1. The van der Waals surface area contributed by atoms with E-state index in [0.717, 1.165) is 19.5 Å². The molecule has 1 aliphatic heterocycles. The standard InChI is InChI=1S/C15H21N3O4S/c1-22-14-5-4-12(23(16,20)21)8-13(14)15(19)17-10-6-7-18(9-10)11-2-3-11/h4-5,8,10-11H,2-3,6-7,9H2,1H3,(H,17,19)(H2,16,20,21)/t10-/m1/s1. The quantitative estimate of drug-likeness (QED) is 0.804. The Kier molecular flexibility index (Phi) is 4.31. The number of hydrogen-bond donors (Lipinski definition) is 2. The molecule has 0 spiro atoms. The molecule has 8 heteroatoms. The zero-order chi connectivity index (χ0) is 16.6. The highest BCUT2D eigenvalue weighted by Gasteiger charge is 2.35. The summed E-state index contributed by atoms with van der Waals surface area (Å²) in [4.78, 5) is 14.8. The molecule has 2 aliphatic rings. The molecule has 1 aliphatic carbocycles. The van der Waals surface area contributed by atoms with Crippen LogP contribution in [0, 0.1) is 0 Å². The van der Waals surface area contributed by atoms with E-state index in [9.17, 15) is 13.2 Å². The Bertz CT molecular complexity index is 715. The number of benzene rings is 1. The van der Waals surface area contributed by atoms with Crippen LogP contribution in [0.15, 0.2) is 23.1 Å². The second kappa shape index (κ2) is 6.10. The van der Waals surface area contributed by atoms with Gasteiger partial charge in [-0.05, 0) is 37.5 Å². The first-order valence-corrected chi connectivity index (χ1v) is 9.19. The number of carbonyl (C=O) groups excluding carboxylic acids is 1. The van der Waals surface area contributed by atoms with Gasteiger partial charge in [0.15, 0.2) is 0 Å². The van der Waals surface area contributed by atoms with Gasteiger partial charge < -0.3 is 10.1 Å². The molecular formula is C15H21N3O4S. The number of ether oxygens (including phenoxy) is 1. The normalized spacial score (nSPS) is 22.1. The number of hydrogen-bond acceptors (Lipinski definition) is 5. The van der Waals surface area contributed by atoms with Gasteiger partial charge in [-0.3, -0.25) is 9.69 Å². The maximum absolute atomic E-state index is 12.5. The van der Waals surface area contributed by atoms with E-state index in [2.05, 4.69) is 10.2 Å². The summed E-state index contributed by atoms with van der Waals surface area (Å²) in [6.07, 6.45) is 3.38. The van der Waals surface area contributed by atoms with Crippen LogP contribution in [-0.4, -0.2) is 51.5 Å². The Morgan fingerprint density at radius 3 is 2.70 bits per heavy atom. The predicted molar refractivity (Wildman–Crippen MR) is 84.8 cm³/mol. The highest BCUT2D eigenvalue weighted by atomic mass is 32.2. The fourth-order valence-corrected chi connectivity index (χ4v) is 3.52. The summed E-state index contributed by atoms with van der Waals surface area (Å²) in [5.41, 5.74) is 0.184. The Morgan fingerprint density at radius 2 is 2.09 bits per heavy atom. The number of likely N-dealkylation sites (tertiary alicyclic amines) is 1. The van der Waals surface area contributed by atoms with Crippen LogP contribution in [0.1, 0.15) is 29.6 Å². The number of methoxy groups -OCH3 is 1. The minimum absolute atomic E-state index is 0.0749. The summed E-state index contributed by atoms with van der Waals surface area (Å²) < 4.78 is 28.1. The molecule has 3 rings (SSSR count). The lowest BCUT2D eigenvalue weighted by Gasteiger charge is -2.17. The molecule has 0 aromatic heterocycles. The van der Waals surface area contributed by atoms with Gasteiger partial charge in [-0.25, -0.2) is 13.6 Å². The van der Waals surface area contributed by atoms with Gasteiger partial charge in [0.2, 0.25) is 10.0 Å². The molecule has 1 aromatic carbocycles. The lowest BCUT2D eigenvalue weighted by molar-refractivity contribution is 0.0934. The van der Waals surface area contributed by atoms with E-state index in [1.54, 1.807) is 0 Å². The van der Waals surface area contributed by atoms with E-state index in [1.807, 2.05) is 0 Å². The van der Waals surface area contributed by atoms with Crippen LogP contribution in [-0.2, 0) is 10.0 Å². The van der Waals surface area contributed by atoms with E-state index >= 15 is 0 Å². The van der Waals surface area contributed by atoms with Crippen molar-refractivity contribution in [1.29, 1.82) is 0 Å². The zero-order valence-corrected chi connectivity index (χ0v) is 13.8. The summed E-state index contributed by atoms with van der Waals surface area (Å²) in [6, 6.07) is 4.79. The predicted octanol–water partition coefficient (Wildman–Crippen LogP) is 0.309. The van der Waals surface area contributed by atoms with Crippen molar-refractivity contribution in [3.63, 3.8) is 0 Å². The number of primary sulfonamides is 1. The lowest BCUT2D eigenvalue weighted by atomic mass is 10.1. The van der Waals surface area contributed by atoms with Crippen molar-refractivity contribution in [2.45, 2.75) is 36.2 Å². The summed E-state index contributed by atoms with van der Waals surface area (Å²) >= 11 is 0. The zero-order valence-electron chi connectivity index (χ0n) is 13.0. The first kappa shape index (κ1) is 16.2. The molecular weight excluding hydrogens is 318 g/mol. The number of nitrogens with one attached hydrogen (secondary N) is 1. The smallest absolute Gasteiger partial charge is 0.255 e. The average Bonchev–Trinajstić information content (AvgIpc) is 3.26. The topological polar surface area (TPSA) is 102 Å². The molecule has 1 heterocycles. The molecule has 1 saturated heterocycles. The lowest BCUT2D eigenvalue weighted by Crippen LogP contribution is -2.37. The molecule has 7 nitrogen and oxygen atoms in total. The van der Waals surface area contributed by atoms with E-state index in [0.29, 0.717) is 11.8 Å². The van der Waals surface area contributed by atoms with E-state index in [-0.39, 0.29) is 22.4 Å². The highest BCUT2D eigenvalue weighted by molar-refractivity contribution is 7.89. The summed E-state index contributed by atoms with van der Waals surface area (Å²) in [7, 11) is -2.43. The number of nitrogens with two attached hydrogens (primary N) is 1. The Labute approximate surface area is 135 Å². The molecule has 1 amide bonds. The van der Waals surface area contributed by atoms with Crippen LogP contribution in [0.25, 0.3) is 0 Å². The summed E-state index contributed by atoms with van der Waals surface area (Å²) in [6.45, 7) is 1.83. The molecule has 23 heavy (non-hydrogen) atoms. The Morgan fingerprint density at radius 1 is 1.35 bits per heavy atom. The Hall–Kier alpha value is -1.64. The second-order valence-electron chi connectivity index (χ2n) is 6.09. The van der Waals surface area contributed by atoms with Gasteiger partial charge in [0.1, 0.15) is 5.75 Å². The summed E-state index contributed by atoms with van der Waals surface area (Å²) in [5, 5.41) is 8.10.